The van der Waals surface area contributed by atoms with E-state index in [1.54, 1.807) is 11.8 Å². The van der Waals surface area contributed by atoms with Crippen molar-refractivity contribution in [2.75, 3.05) is 12.3 Å². The van der Waals surface area contributed by atoms with Gasteiger partial charge in [-0.3, -0.25) is 4.79 Å². The number of allylic oxidation sites excluding steroid dienone is 2. The van der Waals surface area contributed by atoms with Crippen LogP contribution in [-0.2, 0) is 4.79 Å². The molecule has 19 heavy (non-hydrogen) atoms. The number of thioether (sulfide) groups is 1. The molecule has 2 aliphatic heterocycles. The Labute approximate surface area is 116 Å². The van der Waals surface area contributed by atoms with Crippen LogP contribution in [-0.4, -0.2) is 28.3 Å². The standard InChI is InChI=1S/C15H14N2OS/c18-14-13(17-10-5-11-19-15(17)16-14)9-4-8-12-6-2-1-3-7-12/h1-4,6-9H,5,10-11H2/b8-4+,13-9-. The molecule has 96 valence electrons. The molecule has 0 radical (unpaired) electrons. The van der Waals surface area contributed by atoms with Crippen LogP contribution in [0.3, 0.4) is 0 Å². The molecule has 1 aromatic carbocycles. The summed E-state index contributed by atoms with van der Waals surface area (Å²) in [6, 6.07) is 10.0. The topological polar surface area (TPSA) is 32.7 Å². The number of rotatable bonds is 2. The molecule has 4 heteroatoms. The van der Waals surface area contributed by atoms with Gasteiger partial charge in [-0.15, -0.1) is 0 Å². The summed E-state index contributed by atoms with van der Waals surface area (Å²) >= 11 is 1.66. The van der Waals surface area contributed by atoms with Crippen molar-refractivity contribution >= 4 is 28.9 Å². The summed E-state index contributed by atoms with van der Waals surface area (Å²) < 4.78 is 0. The minimum Gasteiger partial charge on any atom is -0.316 e. The monoisotopic (exact) mass is 270 g/mol. The zero-order valence-corrected chi connectivity index (χ0v) is 11.3. The molecule has 0 atom stereocenters. The molecule has 0 bridgehead atoms. The first-order valence-corrected chi connectivity index (χ1v) is 7.30. The highest BCUT2D eigenvalue weighted by Crippen LogP contribution is 2.27. The van der Waals surface area contributed by atoms with Gasteiger partial charge in [0.05, 0.1) is 0 Å². The van der Waals surface area contributed by atoms with Crippen molar-refractivity contribution < 1.29 is 4.79 Å². The van der Waals surface area contributed by atoms with Gasteiger partial charge in [0, 0.05) is 12.3 Å². The third kappa shape index (κ3) is 2.63. The highest BCUT2D eigenvalue weighted by atomic mass is 32.2. The van der Waals surface area contributed by atoms with Crippen LogP contribution in [0.1, 0.15) is 12.0 Å². The first-order chi connectivity index (χ1) is 9.34. The molecule has 0 N–H and O–H groups in total. The average molecular weight is 270 g/mol. The van der Waals surface area contributed by atoms with Gasteiger partial charge in [0.1, 0.15) is 5.70 Å². The van der Waals surface area contributed by atoms with Gasteiger partial charge in [0.2, 0.25) is 0 Å². The van der Waals surface area contributed by atoms with Gasteiger partial charge >= 0.3 is 0 Å². The van der Waals surface area contributed by atoms with Crippen LogP contribution in [0.15, 0.2) is 53.2 Å². The second kappa shape index (κ2) is 5.45. The van der Waals surface area contributed by atoms with Crippen molar-refractivity contribution in [3.05, 3.63) is 53.7 Å². The fraction of sp³-hybridized carbons (Fsp3) is 0.200. The Balaban J connectivity index is 1.77. The van der Waals surface area contributed by atoms with Gasteiger partial charge in [-0.05, 0) is 18.1 Å². The predicted molar refractivity (Wildman–Crippen MR) is 79.8 cm³/mol. The van der Waals surface area contributed by atoms with E-state index in [-0.39, 0.29) is 5.91 Å². The van der Waals surface area contributed by atoms with E-state index < -0.39 is 0 Å². The number of carbonyl (C=O) groups excluding carboxylic acids is 1. The van der Waals surface area contributed by atoms with E-state index in [4.69, 9.17) is 0 Å². The third-order valence-electron chi connectivity index (χ3n) is 3.04. The maximum atomic E-state index is 11.8. The molecular weight excluding hydrogens is 256 g/mol. The Hall–Kier alpha value is -1.81. The van der Waals surface area contributed by atoms with E-state index in [2.05, 4.69) is 4.99 Å². The normalized spacial score (nSPS) is 21.1. The summed E-state index contributed by atoms with van der Waals surface area (Å²) in [4.78, 5) is 17.9. The summed E-state index contributed by atoms with van der Waals surface area (Å²) in [6.45, 7) is 0.891. The van der Waals surface area contributed by atoms with Crippen molar-refractivity contribution in [1.82, 2.24) is 4.90 Å². The van der Waals surface area contributed by atoms with E-state index in [1.165, 1.54) is 0 Å². The van der Waals surface area contributed by atoms with Crippen LogP contribution in [0.4, 0.5) is 0 Å². The Bertz CT molecular complexity index is 575. The Kier molecular flexibility index (Phi) is 3.51. The van der Waals surface area contributed by atoms with Gasteiger partial charge in [-0.2, -0.15) is 4.99 Å². The Morgan fingerprint density at radius 3 is 2.95 bits per heavy atom. The van der Waals surface area contributed by atoms with E-state index >= 15 is 0 Å². The molecule has 1 aromatic rings. The summed E-state index contributed by atoms with van der Waals surface area (Å²) in [6.07, 6.45) is 6.87. The van der Waals surface area contributed by atoms with Crippen molar-refractivity contribution in [3.8, 4) is 0 Å². The third-order valence-corrected chi connectivity index (χ3v) is 4.10. The van der Waals surface area contributed by atoms with Crippen molar-refractivity contribution in [3.63, 3.8) is 0 Å². The van der Waals surface area contributed by atoms with Crippen molar-refractivity contribution in [2.45, 2.75) is 6.42 Å². The lowest BCUT2D eigenvalue weighted by Crippen LogP contribution is -2.30. The molecule has 1 saturated heterocycles. The molecule has 1 fully saturated rings. The van der Waals surface area contributed by atoms with Crippen LogP contribution in [0, 0.1) is 0 Å². The minimum absolute atomic E-state index is 0.123. The largest absolute Gasteiger partial charge is 0.316 e. The second-order valence-electron chi connectivity index (χ2n) is 4.37. The van der Waals surface area contributed by atoms with Crippen LogP contribution in [0.2, 0.25) is 0 Å². The lowest BCUT2D eigenvalue weighted by atomic mass is 10.2. The quantitative estimate of drug-likeness (QED) is 0.775. The predicted octanol–water partition coefficient (Wildman–Crippen LogP) is 2.92. The molecular formula is C15H14N2OS. The van der Waals surface area contributed by atoms with Crippen LogP contribution >= 0.6 is 11.8 Å². The Morgan fingerprint density at radius 2 is 2.11 bits per heavy atom. The molecule has 0 aromatic heterocycles. The highest BCUT2D eigenvalue weighted by Gasteiger charge is 2.31. The molecule has 2 aliphatic rings. The second-order valence-corrected chi connectivity index (χ2v) is 5.44. The van der Waals surface area contributed by atoms with Crippen LogP contribution in [0.5, 0.6) is 0 Å². The summed E-state index contributed by atoms with van der Waals surface area (Å²) in [5.41, 5.74) is 1.81. The number of amides is 1. The van der Waals surface area contributed by atoms with Crippen molar-refractivity contribution in [1.29, 1.82) is 0 Å². The molecule has 0 aliphatic carbocycles. The van der Waals surface area contributed by atoms with E-state index in [1.807, 2.05) is 53.5 Å². The van der Waals surface area contributed by atoms with Crippen LogP contribution < -0.4 is 0 Å². The SMILES string of the molecule is O=C1N=C2SCCCN2/C1=C\C=C\c1ccccc1. The first-order valence-electron chi connectivity index (χ1n) is 6.31. The van der Waals surface area contributed by atoms with Gasteiger partial charge in [-0.1, -0.05) is 54.2 Å². The molecule has 1 amide bonds. The maximum Gasteiger partial charge on any atom is 0.296 e. The number of aliphatic imine (C=N–C) groups is 1. The number of hydrogen-bond acceptors (Lipinski definition) is 3. The molecule has 0 unspecified atom stereocenters. The minimum atomic E-state index is -0.123. The lowest BCUT2D eigenvalue weighted by molar-refractivity contribution is -0.114. The number of benzene rings is 1. The Morgan fingerprint density at radius 1 is 1.26 bits per heavy atom. The van der Waals surface area contributed by atoms with E-state index in [0.29, 0.717) is 5.70 Å². The van der Waals surface area contributed by atoms with Gasteiger partial charge in [0.15, 0.2) is 5.17 Å². The molecule has 3 nitrogen and oxygen atoms in total. The van der Waals surface area contributed by atoms with Gasteiger partial charge < -0.3 is 4.90 Å². The number of carbonyl (C=O) groups is 1. The number of amidine groups is 1. The average Bonchev–Trinajstić information content (AvgIpc) is 2.76. The van der Waals surface area contributed by atoms with Crippen molar-refractivity contribution in [2.24, 2.45) is 4.99 Å². The molecule has 3 rings (SSSR count). The zero-order chi connectivity index (χ0) is 13.1. The summed E-state index contributed by atoms with van der Waals surface area (Å²) in [7, 11) is 0. The highest BCUT2D eigenvalue weighted by molar-refractivity contribution is 8.13. The molecule has 2 heterocycles. The fourth-order valence-electron chi connectivity index (χ4n) is 2.11. The maximum absolute atomic E-state index is 11.8. The van der Waals surface area contributed by atoms with E-state index in [0.717, 1.165) is 29.4 Å². The molecule has 0 saturated carbocycles. The zero-order valence-electron chi connectivity index (χ0n) is 10.5. The smallest absolute Gasteiger partial charge is 0.296 e. The number of hydrogen-bond donors (Lipinski definition) is 0. The lowest BCUT2D eigenvalue weighted by Gasteiger charge is -2.24. The van der Waals surface area contributed by atoms with Crippen LogP contribution in [0.25, 0.3) is 6.08 Å². The van der Waals surface area contributed by atoms with Gasteiger partial charge in [-0.25, -0.2) is 0 Å². The first kappa shape index (κ1) is 12.2. The molecule has 0 spiro atoms. The van der Waals surface area contributed by atoms with E-state index in [9.17, 15) is 4.79 Å². The number of fused-ring (bicyclic) bond motifs is 1. The number of nitrogens with zero attached hydrogens (tertiary/aromatic N) is 2. The fourth-order valence-corrected chi connectivity index (χ4v) is 3.06. The summed E-state index contributed by atoms with van der Waals surface area (Å²) in [5, 5.41) is 0.857. The van der Waals surface area contributed by atoms with Gasteiger partial charge in [0.25, 0.3) is 5.91 Å². The summed E-state index contributed by atoms with van der Waals surface area (Å²) in [5.74, 6) is 0.928.